The first-order valence-corrected chi connectivity index (χ1v) is 6.46. The van der Waals surface area contributed by atoms with Gasteiger partial charge in [0, 0.05) is 5.56 Å². The minimum Gasteiger partial charge on any atom is -0.453 e. The predicted molar refractivity (Wildman–Crippen MR) is 79.7 cm³/mol. The summed E-state index contributed by atoms with van der Waals surface area (Å²) in [6.45, 7) is 0. The molecule has 0 unspecified atom stereocenters. The van der Waals surface area contributed by atoms with E-state index in [2.05, 4.69) is 6.07 Å². The molecule has 3 rings (SSSR count). The maximum atomic E-state index is 10.6. The van der Waals surface area contributed by atoms with E-state index in [0.717, 1.165) is 16.7 Å². The van der Waals surface area contributed by atoms with Gasteiger partial charge in [0.05, 0.1) is 11.6 Å². The summed E-state index contributed by atoms with van der Waals surface area (Å²) >= 11 is 0. The second-order valence-corrected chi connectivity index (χ2v) is 4.59. The zero-order valence-corrected chi connectivity index (χ0v) is 11.1. The van der Waals surface area contributed by atoms with Crippen molar-refractivity contribution in [3.63, 3.8) is 0 Å². The van der Waals surface area contributed by atoms with E-state index in [-0.39, 0.29) is 0 Å². The van der Waals surface area contributed by atoms with E-state index in [1.54, 1.807) is 18.2 Å². The molecular formula is C18H11NO2. The van der Waals surface area contributed by atoms with Crippen molar-refractivity contribution in [2.45, 2.75) is 0 Å². The van der Waals surface area contributed by atoms with Crippen molar-refractivity contribution < 1.29 is 9.21 Å². The SMILES string of the molecule is N#Cc1cccc(-c2ccc(-c3ccc(C=O)o3)cc2)c1. The lowest BCUT2D eigenvalue weighted by atomic mass is 10.0. The predicted octanol–water partition coefficient (Wildman–Crippen LogP) is 4.30. The van der Waals surface area contributed by atoms with Crippen LogP contribution in [0.15, 0.2) is 65.1 Å². The van der Waals surface area contributed by atoms with Crippen LogP contribution in [0.25, 0.3) is 22.5 Å². The lowest BCUT2D eigenvalue weighted by Crippen LogP contribution is -1.81. The lowest BCUT2D eigenvalue weighted by molar-refractivity contribution is 0.110. The molecule has 0 spiro atoms. The molecular weight excluding hydrogens is 262 g/mol. The van der Waals surface area contributed by atoms with Crippen LogP contribution in [0.2, 0.25) is 0 Å². The molecule has 2 aromatic carbocycles. The molecule has 0 amide bonds. The molecule has 3 heteroatoms. The van der Waals surface area contributed by atoms with Gasteiger partial charge in [-0.05, 0) is 35.4 Å². The van der Waals surface area contributed by atoms with Gasteiger partial charge in [-0.3, -0.25) is 4.79 Å². The van der Waals surface area contributed by atoms with Gasteiger partial charge in [0.1, 0.15) is 5.76 Å². The van der Waals surface area contributed by atoms with Crippen LogP contribution in [0.4, 0.5) is 0 Å². The van der Waals surface area contributed by atoms with Gasteiger partial charge in [0.15, 0.2) is 12.0 Å². The number of carbonyl (C=O) groups is 1. The summed E-state index contributed by atoms with van der Waals surface area (Å²) in [5.74, 6) is 0.977. The summed E-state index contributed by atoms with van der Waals surface area (Å²) in [4.78, 5) is 10.6. The molecule has 1 heterocycles. The monoisotopic (exact) mass is 273 g/mol. The molecule has 0 saturated carbocycles. The number of hydrogen-bond donors (Lipinski definition) is 0. The first-order chi connectivity index (χ1) is 10.3. The Balaban J connectivity index is 1.93. The van der Waals surface area contributed by atoms with E-state index in [9.17, 15) is 4.79 Å². The van der Waals surface area contributed by atoms with Gasteiger partial charge >= 0.3 is 0 Å². The van der Waals surface area contributed by atoms with E-state index >= 15 is 0 Å². The number of nitrogens with zero attached hydrogens (tertiary/aromatic N) is 1. The zero-order valence-electron chi connectivity index (χ0n) is 11.1. The fraction of sp³-hybridized carbons (Fsp3) is 0. The number of nitriles is 1. The second-order valence-electron chi connectivity index (χ2n) is 4.59. The molecule has 3 nitrogen and oxygen atoms in total. The van der Waals surface area contributed by atoms with Crippen LogP contribution in [0.1, 0.15) is 16.1 Å². The van der Waals surface area contributed by atoms with Crippen LogP contribution in [-0.2, 0) is 0 Å². The van der Waals surface area contributed by atoms with Crippen LogP contribution >= 0.6 is 0 Å². The highest BCUT2D eigenvalue weighted by molar-refractivity contribution is 5.74. The zero-order chi connectivity index (χ0) is 14.7. The number of carbonyl (C=O) groups excluding carboxylic acids is 1. The second kappa shape index (κ2) is 5.48. The Morgan fingerprint density at radius 3 is 2.33 bits per heavy atom. The maximum absolute atomic E-state index is 10.6. The van der Waals surface area contributed by atoms with Crippen LogP contribution in [0.5, 0.6) is 0 Å². The molecule has 0 aliphatic carbocycles. The van der Waals surface area contributed by atoms with Crippen molar-refractivity contribution in [1.82, 2.24) is 0 Å². The molecule has 1 aromatic heterocycles. The first kappa shape index (κ1) is 12.9. The van der Waals surface area contributed by atoms with E-state index in [4.69, 9.17) is 9.68 Å². The van der Waals surface area contributed by atoms with Gasteiger partial charge in [-0.25, -0.2) is 0 Å². The summed E-state index contributed by atoms with van der Waals surface area (Å²) in [6.07, 6.45) is 0.686. The van der Waals surface area contributed by atoms with Crippen LogP contribution < -0.4 is 0 Å². The first-order valence-electron chi connectivity index (χ1n) is 6.46. The summed E-state index contributed by atoms with van der Waals surface area (Å²) < 4.78 is 5.39. The topological polar surface area (TPSA) is 54.0 Å². The quantitative estimate of drug-likeness (QED) is 0.668. The van der Waals surface area contributed by atoms with Crippen LogP contribution in [-0.4, -0.2) is 6.29 Å². The molecule has 0 atom stereocenters. The minimum atomic E-state index is 0.316. The average molecular weight is 273 g/mol. The number of benzene rings is 2. The van der Waals surface area contributed by atoms with E-state index in [1.165, 1.54) is 0 Å². The summed E-state index contributed by atoms with van der Waals surface area (Å²) in [7, 11) is 0. The Kier molecular flexibility index (Phi) is 3.36. The lowest BCUT2D eigenvalue weighted by Gasteiger charge is -2.03. The summed E-state index contributed by atoms with van der Waals surface area (Å²) in [6, 6.07) is 20.8. The molecule has 100 valence electrons. The highest BCUT2D eigenvalue weighted by Gasteiger charge is 2.05. The van der Waals surface area contributed by atoms with Crippen molar-refractivity contribution in [2.75, 3.05) is 0 Å². The molecule has 0 N–H and O–H groups in total. The number of hydrogen-bond acceptors (Lipinski definition) is 3. The van der Waals surface area contributed by atoms with Crippen molar-refractivity contribution >= 4 is 6.29 Å². The largest absolute Gasteiger partial charge is 0.453 e. The Hall–Kier alpha value is -3.12. The Morgan fingerprint density at radius 2 is 1.67 bits per heavy atom. The number of rotatable bonds is 3. The molecule has 0 fully saturated rings. The molecule has 0 radical (unpaired) electrons. The molecule has 0 aliphatic heterocycles. The van der Waals surface area contributed by atoms with Gasteiger partial charge in [-0.1, -0.05) is 36.4 Å². The van der Waals surface area contributed by atoms with Crippen molar-refractivity contribution in [2.24, 2.45) is 0 Å². The highest BCUT2D eigenvalue weighted by atomic mass is 16.3. The van der Waals surface area contributed by atoms with E-state index in [0.29, 0.717) is 23.4 Å². The van der Waals surface area contributed by atoms with Gasteiger partial charge in [0.2, 0.25) is 0 Å². The molecule has 21 heavy (non-hydrogen) atoms. The highest BCUT2D eigenvalue weighted by Crippen LogP contribution is 2.26. The Morgan fingerprint density at radius 1 is 0.905 bits per heavy atom. The normalized spacial score (nSPS) is 10.0. The van der Waals surface area contributed by atoms with Crippen molar-refractivity contribution in [1.29, 1.82) is 5.26 Å². The van der Waals surface area contributed by atoms with Crippen molar-refractivity contribution in [3.8, 4) is 28.5 Å². The van der Waals surface area contributed by atoms with Crippen molar-refractivity contribution in [3.05, 3.63) is 72.0 Å². The van der Waals surface area contributed by atoms with Crippen LogP contribution in [0.3, 0.4) is 0 Å². The maximum Gasteiger partial charge on any atom is 0.185 e. The fourth-order valence-electron chi connectivity index (χ4n) is 2.17. The summed E-state index contributed by atoms with van der Waals surface area (Å²) in [5, 5.41) is 8.94. The van der Waals surface area contributed by atoms with Gasteiger partial charge in [-0.2, -0.15) is 5.26 Å². The average Bonchev–Trinajstić information content (AvgIpc) is 3.04. The minimum absolute atomic E-state index is 0.316. The fourth-order valence-corrected chi connectivity index (χ4v) is 2.17. The van der Waals surface area contributed by atoms with Crippen LogP contribution in [0, 0.1) is 11.3 Å². The Bertz CT molecular complexity index is 823. The number of aldehydes is 1. The van der Waals surface area contributed by atoms with E-state index in [1.807, 2.05) is 42.5 Å². The third-order valence-corrected chi connectivity index (χ3v) is 3.24. The van der Waals surface area contributed by atoms with Gasteiger partial charge in [0.25, 0.3) is 0 Å². The molecule has 0 saturated heterocycles. The molecule has 0 bridgehead atoms. The third kappa shape index (κ3) is 2.60. The van der Waals surface area contributed by atoms with E-state index < -0.39 is 0 Å². The third-order valence-electron chi connectivity index (χ3n) is 3.24. The number of furan rings is 1. The van der Waals surface area contributed by atoms with Gasteiger partial charge in [-0.15, -0.1) is 0 Å². The smallest absolute Gasteiger partial charge is 0.185 e. The van der Waals surface area contributed by atoms with Gasteiger partial charge < -0.3 is 4.42 Å². The Labute approximate surface area is 122 Å². The summed E-state index contributed by atoms with van der Waals surface area (Å²) in [5.41, 5.74) is 3.56. The molecule has 3 aromatic rings. The standard InChI is InChI=1S/C18H11NO2/c19-11-13-2-1-3-16(10-13)14-4-6-15(7-5-14)18-9-8-17(12-20)21-18/h1-10,12H. The molecule has 0 aliphatic rings.